The summed E-state index contributed by atoms with van der Waals surface area (Å²) in [6.45, 7) is 1.80. The topological polar surface area (TPSA) is 52.0 Å². The summed E-state index contributed by atoms with van der Waals surface area (Å²) in [5.41, 5.74) is 4.87. The molecule has 2 rings (SSSR count). The van der Waals surface area contributed by atoms with Crippen LogP contribution in [-0.2, 0) is 5.41 Å². The Morgan fingerprint density at radius 3 is 2.91 bits per heavy atom. The van der Waals surface area contributed by atoms with Crippen molar-refractivity contribution in [2.75, 3.05) is 5.73 Å². The van der Waals surface area contributed by atoms with Crippen molar-refractivity contribution in [2.45, 2.75) is 24.9 Å². The van der Waals surface area contributed by atoms with Crippen molar-refractivity contribution in [3.05, 3.63) is 11.8 Å². The van der Waals surface area contributed by atoms with Gasteiger partial charge < -0.3 is 10.3 Å². The molecule has 60 valence electrons. The van der Waals surface area contributed by atoms with Crippen LogP contribution in [0.25, 0.3) is 0 Å². The number of anilines is 1. The van der Waals surface area contributed by atoms with Crippen LogP contribution < -0.4 is 5.73 Å². The standard InChI is InChI=1S/C7H9FN2O/c1-7(3-4(7)8)5-2-6(9)10-11-5/h2,4H,3H2,1H3,(H2,9,10). The zero-order valence-corrected chi connectivity index (χ0v) is 6.17. The molecule has 4 heteroatoms. The Kier molecular flexibility index (Phi) is 1.06. The van der Waals surface area contributed by atoms with E-state index in [9.17, 15) is 4.39 Å². The van der Waals surface area contributed by atoms with Crippen LogP contribution >= 0.6 is 0 Å². The number of hydrogen-bond donors (Lipinski definition) is 1. The number of halogens is 1. The van der Waals surface area contributed by atoms with E-state index < -0.39 is 11.6 Å². The lowest BCUT2D eigenvalue weighted by Crippen LogP contribution is -2.02. The second kappa shape index (κ2) is 1.75. The van der Waals surface area contributed by atoms with Gasteiger partial charge >= 0.3 is 0 Å². The van der Waals surface area contributed by atoms with Crippen molar-refractivity contribution in [1.82, 2.24) is 5.16 Å². The lowest BCUT2D eigenvalue weighted by molar-refractivity contribution is 0.333. The van der Waals surface area contributed by atoms with Gasteiger partial charge in [0.1, 0.15) is 11.9 Å². The molecule has 1 saturated carbocycles. The van der Waals surface area contributed by atoms with Crippen molar-refractivity contribution < 1.29 is 8.91 Å². The van der Waals surface area contributed by atoms with E-state index in [-0.39, 0.29) is 0 Å². The highest BCUT2D eigenvalue weighted by atomic mass is 19.1. The van der Waals surface area contributed by atoms with Gasteiger partial charge in [0.15, 0.2) is 5.82 Å². The smallest absolute Gasteiger partial charge is 0.167 e. The third-order valence-electron chi connectivity index (χ3n) is 2.23. The van der Waals surface area contributed by atoms with Crippen molar-refractivity contribution >= 4 is 5.82 Å². The lowest BCUT2D eigenvalue weighted by atomic mass is 10.1. The van der Waals surface area contributed by atoms with E-state index in [1.54, 1.807) is 13.0 Å². The molecule has 1 aromatic rings. The monoisotopic (exact) mass is 156 g/mol. The molecule has 0 bridgehead atoms. The molecular weight excluding hydrogens is 147 g/mol. The molecular formula is C7H9FN2O. The lowest BCUT2D eigenvalue weighted by Gasteiger charge is -1.99. The fourth-order valence-corrected chi connectivity index (χ4v) is 1.13. The number of hydrogen-bond acceptors (Lipinski definition) is 3. The first-order valence-electron chi connectivity index (χ1n) is 3.50. The third-order valence-corrected chi connectivity index (χ3v) is 2.23. The quantitative estimate of drug-likeness (QED) is 0.665. The van der Waals surface area contributed by atoms with Crippen LogP contribution in [0.3, 0.4) is 0 Å². The van der Waals surface area contributed by atoms with Crippen molar-refractivity contribution in [3.8, 4) is 0 Å². The largest absolute Gasteiger partial charge is 0.381 e. The van der Waals surface area contributed by atoms with Crippen molar-refractivity contribution in [2.24, 2.45) is 0 Å². The summed E-state index contributed by atoms with van der Waals surface area (Å²) in [6.07, 6.45) is -0.281. The van der Waals surface area contributed by atoms with Gasteiger partial charge in [0.2, 0.25) is 0 Å². The maximum atomic E-state index is 12.7. The molecule has 1 fully saturated rings. The minimum Gasteiger partial charge on any atom is -0.381 e. The van der Waals surface area contributed by atoms with Crippen LogP contribution in [0, 0.1) is 0 Å². The number of nitrogens with two attached hydrogens (primary N) is 1. The van der Waals surface area contributed by atoms with Crippen LogP contribution in [-0.4, -0.2) is 11.3 Å². The van der Waals surface area contributed by atoms with Gasteiger partial charge in [0.25, 0.3) is 0 Å². The number of alkyl halides is 1. The van der Waals surface area contributed by atoms with E-state index in [0.29, 0.717) is 18.0 Å². The normalized spacial score (nSPS) is 35.6. The van der Waals surface area contributed by atoms with Gasteiger partial charge in [-0.3, -0.25) is 0 Å². The first-order chi connectivity index (χ1) is 5.13. The SMILES string of the molecule is CC1(c2cc(N)no2)CC1F. The summed E-state index contributed by atoms with van der Waals surface area (Å²) < 4.78 is 17.6. The number of rotatable bonds is 1. The molecule has 1 aliphatic rings. The van der Waals surface area contributed by atoms with Gasteiger partial charge in [-0.25, -0.2) is 4.39 Å². The molecule has 2 unspecified atom stereocenters. The Bertz CT molecular complexity index is 286. The molecule has 0 radical (unpaired) electrons. The summed E-state index contributed by atoms with van der Waals surface area (Å²) in [4.78, 5) is 0. The van der Waals surface area contributed by atoms with Crippen LogP contribution in [0.4, 0.5) is 10.2 Å². The van der Waals surface area contributed by atoms with Crippen LogP contribution in [0.2, 0.25) is 0 Å². The molecule has 1 heterocycles. The van der Waals surface area contributed by atoms with Crippen molar-refractivity contribution in [1.29, 1.82) is 0 Å². The summed E-state index contributed by atoms with van der Waals surface area (Å²) in [7, 11) is 0. The summed E-state index contributed by atoms with van der Waals surface area (Å²) in [6, 6.07) is 1.58. The molecule has 11 heavy (non-hydrogen) atoms. The Labute approximate surface area is 63.4 Å². The van der Waals surface area contributed by atoms with Gasteiger partial charge in [-0.15, -0.1) is 0 Å². The third kappa shape index (κ3) is 0.818. The summed E-state index contributed by atoms with van der Waals surface area (Å²) >= 11 is 0. The Morgan fingerprint density at radius 2 is 2.55 bits per heavy atom. The molecule has 0 saturated heterocycles. The molecule has 0 aliphatic heterocycles. The van der Waals surface area contributed by atoms with Crippen molar-refractivity contribution in [3.63, 3.8) is 0 Å². The highest BCUT2D eigenvalue weighted by Crippen LogP contribution is 2.50. The Hall–Kier alpha value is -1.06. The van der Waals surface area contributed by atoms with Gasteiger partial charge in [-0.2, -0.15) is 0 Å². The van der Waals surface area contributed by atoms with Gasteiger partial charge in [0, 0.05) is 6.07 Å². The molecule has 0 aromatic carbocycles. The molecule has 1 aromatic heterocycles. The van der Waals surface area contributed by atoms with Gasteiger partial charge in [-0.05, 0) is 13.3 Å². The Balaban J connectivity index is 2.31. The van der Waals surface area contributed by atoms with E-state index in [1.807, 2.05) is 0 Å². The zero-order chi connectivity index (χ0) is 8.06. The second-order valence-electron chi connectivity index (χ2n) is 3.21. The maximum absolute atomic E-state index is 12.7. The molecule has 3 nitrogen and oxygen atoms in total. The minimum absolute atomic E-state index is 0.320. The van der Waals surface area contributed by atoms with Crippen LogP contribution in [0.5, 0.6) is 0 Å². The summed E-state index contributed by atoms with van der Waals surface area (Å²) in [5, 5.41) is 3.49. The average molecular weight is 156 g/mol. The highest BCUT2D eigenvalue weighted by molar-refractivity contribution is 5.34. The van der Waals surface area contributed by atoms with E-state index in [1.165, 1.54) is 0 Å². The number of nitrogens with zero attached hydrogens (tertiary/aromatic N) is 1. The number of nitrogen functional groups attached to an aromatic ring is 1. The van der Waals surface area contributed by atoms with Crippen LogP contribution in [0.15, 0.2) is 10.6 Å². The first-order valence-corrected chi connectivity index (χ1v) is 3.50. The molecule has 0 spiro atoms. The van der Waals surface area contributed by atoms with E-state index >= 15 is 0 Å². The average Bonchev–Trinajstić information content (AvgIpc) is 2.44. The minimum atomic E-state index is -0.796. The van der Waals surface area contributed by atoms with Gasteiger partial charge in [0.05, 0.1) is 5.41 Å². The molecule has 2 atom stereocenters. The molecule has 2 N–H and O–H groups in total. The maximum Gasteiger partial charge on any atom is 0.167 e. The van der Waals surface area contributed by atoms with E-state index in [2.05, 4.69) is 5.16 Å². The van der Waals surface area contributed by atoms with Crippen LogP contribution in [0.1, 0.15) is 19.1 Å². The fraction of sp³-hybridized carbons (Fsp3) is 0.571. The highest BCUT2D eigenvalue weighted by Gasteiger charge is 2.55. The predicted octanol–water partition coefficient (Wildman–Crippen LogP) is 1.26. The summed E-state index contributed by atoms with van der Waals surface area (Å²) in [5.74, 6) is 0.878. The van der Waals surface area contributed by atoms with E-state index in [4.69, 9.17) is 10.3 Å². The Morgan fingerprint density at radius 1 is 1.91 bits per heavy atom. The predicted molar refractivity (Wildman–Crippen MR) is 37.8 cm³/mol. The molecule has 1 aliphatic carbocycles. The van der Waals surface area contributed by atoms with E-state index in [0.717, 1.165) is 0 Å². The zero-order valence-electron chi connectivity index (χ0n) is 6.17. The first kappa shape index (κ1) is 6.64. The second-order valence-corrected chi connectivity index (χ2v) is 3.21. The van der Waals surface area contributed by atoms with Gasteiger partial charge in [-0.1, -0.05) is 5.16 Å². The number of aromatic nitrogens is 1. The fourth-order valence-electron chi connectivity index (χ4n) is 1.13. The molecule has 0 amide bonds.